The second kappa shape index (κ2) is 5.57. The first-order valence-electron chi connectivity index (χ1n) is 7.64. The fraction of sp³-hybridized carbons (Fsp3) is 0.412. The van der Waals surface area contributed by atoms with Gasteiger partial charge in [-0.2, -0.15) is 0 Å². The Balaban J connectivity index is 2.04. The maximum Gasteiger partial charge on any atom is 0.270 e. The van der Waals surface area contributed by atoms with Crippen LogP contribution in [0, 0.1) is 10.1 Å². The molecule has 0 radical (unpaired) electrons. The number of hydrogen-bond donors (Lipinski definition) is 0. The fourth-order valence-corrected chi connectivity index (χ4v) is 3.15. The molecule has 0 unspecified atom stereocenters. The first-order chi connectivity index (χ1) is 10.5. The molecule has 1 aromatic heterocycles. The highest BCUT2D eigenvalue weighted by Gasteiger charge is 2.19. The third kappa shape index (κ3) is 2.52. The summed E-state index contributed by atoms with van der Waals surface area (Å²) < 4.78 is 2.05. The van der Waals surface area contributed by atoms with E-state index in [0.717, 1.165) is 36.0 Å². The molecular formula is C17H21N3O2. The van der Waals surface area contributed by atoms with Crippen LogP contribution in [0.2, 0.25) is 0 Å². The highest BCUT2D eigenvalue weighted by atomic mass is 16.6. The Morgan fingerprint density at radius 1 is 1.32 bits per heavy atom. The Morgan fingerprint density at radius 3 is 2.68 bits per heavy atom. The van der Waals surface area contributed by atoms with Gasteiger partial charge in [-0.05, 0) is 31.9 Å². The molecular weight excluding hydrogens is 278 g/mol. The normalized spacial score (nSPS) is 16.3. The molecule has 3 rings (SSSR count). The molecule has 0 fully saturated rings. The van der Waals surface area contributed by atoms with Gasteiger partial charge in [0.05, 0.1) is 4.92 Å². The zero-order valence-electron chi connectivity index (χ0n) is 13.2. The molecule has 0 atom stereocenters. The van der Waals surface area contributed by atoms with Crippen molar-refractivity contribution in [1.29, 1.82) is 0 Å². The molecule has 22 heavy (non-hydrogen) atoms. The average Bonchev–Trinajstić information content (AvgIpc) is 2.84. The number of fused-ring (bicyclic) bond motifs is 1. The van der Waals surface area contributed by atoms with Crippen LogP contribution in [0.25, 0.3) is 16.5 Å². The monoisotopic (exact) mass is 299 g/mol. The van der Waals surface area contributed by atoms with Crippen LogP contribution in [0.3, 0.4) is 0 Å². The highest BCUT2D eigenvalue weighted by Crippen LogP contribution is 2.32. The summed E-state index contributed by atoms with van der Waals surface area (Å²) in [5.41, 5.74) is 3.61. The van der Waals surface area contributed by atoms with E-state index in [0.29, 0.717) is 6.04 Å². The Bertz CT molecular complexity index is 759. The Morgan fingerprint density at radius 2 is 2.09 bits per heavy atom. The number of benzene rings is 1. The molecule has 2 aromatic rings. The molecule has 0 bridgehead atoms. The average molecular weight is 299 g/mol. The summed E-state index contributed by atoms with van der Waals surface area (Å²) in [6, 6.07) is 5.65. The van der Waals surface area contributed by atoms with Crippen LogP contribution >= 0.6 is 0 Å². The highest BCUT2D eigenvalue weighted by molar-refractivity contribution is 5.94. The molecule has 0 saturated carbocycles. The first-order valence-corrected chi connectivity index (χ1v) is 7.64. The van der Waals surface area contributed by atoms with Crippen molar-refractivity contribution in [1.82, 2.24) is 9.47 Å². The molecule has 0 aliphatic carbocycles. The zero-order valence-corrected chi connectivity index (χ0v) is 13.2. The SMILES string of the molecule is CC(C)N1CC=C(c2cn(C)c3ccc([N+](=O)[O-])cc23)CC1. The van der Waals surface area contributed by atoms with Gasteiger partial charge in [0.2, 0.25) is 0 Å². The van der Waals surface area contributed by atoms with Crippen molar-refractivity contribution in [3.63, 3.8) is 0 Å². The summed E-state index contributed by atoms with van der Waals surface area (Å²) in [5.74, 6) is 0. The largest absolute Gasteiger partial charge is 0.350 e. The van der Waals surface area contributed by atoms with Gasteiger partial charge < -0.3 is 4.57 Å². The van der Waals surface area contributed by atoms with Crippen LogP contribution in [0.5, 0.6) is 0 Å². The molecule has 116 valence electrons. The second-order valence-electron chi connectivity index (χ2n) is 6.18. The molecule has 0 amide bonds. The van der Waals surface area contributed by atoms with E-state index in [9.17, 15) is 10.1 Å². The van der Waals surface area contributed by atoms with Gasteiger partial charge in [-0.25, -0.2) is 0 Å². The number of nitro groups is 1. The van der Waals surface area contributed by atoms with Crippen molar-refractivity contribution in [2.45, 2.75) is 26.3 Å². The minimum Gasteiger partial charge on any atom is -0.350 e. The van der Waals surface area contributed by atoms with Crippen LogP contribution in [0.15, 0.2) is 30.5 Å². The number of hydrogen-bond acceptors (Lipinski definition) is 3. The third-order valence-electron chi connectivity index (χ3n) is 4.50. The summed E-state index contributed by atoms with van der Waals surface area (Å²) in [6.45, 7) is 6.40. The number of rotatable bonds is 3. The summed E-state index contributed by atoms with van der Waals surface area (Å²) >= 11 is 0. The number of nitrogens with zero attached hydrogens (tertiary/aromatic N) is 3. The van der Waals surface area contributed by atoms with E-state index >= 15 is 0 Å². The van der Waals surface area contributed by atoms with E-state index in [2.05, 4.69) is 31.0 Å². The van der Waals surface area contributed by atoms with E-state index in [1.165, 1.54) is 5.57 Å². The molecule has 0 spiro atoms. The van der Waals surface area contributed by atoms with Crippen molar-refractivity contribution >= 4 is 22.2 Å². The van der Waals surface area contributed by atoms with E-state index in [1.54, 1.807) is 12.1 Å². The molecule has 0 N–H and O–H groups in total. The van der Waals surface area contributed by atoms with Gasteiger partial charge in [-0.15, -0.1) is 0 Å². The van der Waals surface area contributed by atoms with Crippen molar-refractivity contribution < 1.29 is 4.92 Å². The fourth-order valence-electron chi connectivity index (χ4n) is 3.15. The van der Waals surface area contributed by atoms with Gasteiger partial charge in [-0.1, -0.05) is 6.08 Å². The number of aryl methyl sites for hydroxylation is 1. The van der Waals surface area contributed by atoms with E-state index < -0.39 is 0 Å². The van der Waals surface area contributed by atoms with Gasteiger partial charge in [0.15, 0.2) is 0 Å². The van der Waals surface area contributed by atoms with Crippen LogP contribution in [-0.2, 0) is 7.05 Å². The number of nitro benzene ring substituents is 1. The van der Waals surface area contributed by atoms with Crippen molar-refractivity contribution in [2.24, 2.45) is 7.05 Å². The van der Waals surface area contributed by atoms with E-state index in [-0.39, 0.29) is 10.6 Å². The Kier molecular flexibility index (Phi) is 3.74. The lowest BCUT2D eigenvalue weighted by molar-refractivity contribution is -0.384. The van der Waals surface area contributed by atoms with Crippen molar-refractivity contribution in [3.8, 4) is 0 Å². The van der Waals surface area contributed by atoms with Crippen LogP contribution < -0.4 is 0 Å². The van der Waals surface area contributed by atoms with Crippen molar-refractivity contribution in [2.75, 3.05) is 13.1 Å². The van der Waals surface area contributed by atoms with Crippen LogP contribution in [0.4, 0.5) is 5.69 Å². The smallest absolute Gasteiger partial charge is 0.270 e. The maximum absolute atomic E-state index is 11.0. The maximum atomic E-state index is 11.0. The predicted molar refractivity (Wildman–Crippen MR) is 88.9 cm³/mol. The number of aromatic nitrogens is 1. The minimum atomic E-state index is -0.327. The standard InChI is InChI=1S/C17H21N3O2/c1-12(2)19-8-6-13(7-9-19)16-11-18(3)17-5-4-14(20(21)22)10-15(16)17/h4-6,10-12H,7-9H2,1-3H3. The quantitative estimate of drug-likeness (QED) is 0.643. The zero-order chi connectivity index (χ0) is 15.9. The van der Waals surface area contributed by atoms with Gasteiger partial charge >= 0.3 is 0 Å². The first kappa shape index (κ1) is 14.8. The molecule has 1 aliphatic heterocycles. The summed E-state index contributed by atoms with van der Waals surface area (Å²) in [5, 5.41) is 12.0. The lowest BCUT2D eigenvalue weighted by atomic mass is 9.98. The van der Waals surface area contributed by atoms with Crippen LogP contribution in [-0.4, -0.2) is 33.5 Å². The van der Waals surface area contributed by atoms with Gasteiger partial charge in [0, 0.05) is 61.0 Å². The van der Waals surface area contributed by atoms with E-state index in [1.807, 2.05) is 17.7 Å². The van der Waals surface area contributed by atoms with Crippen LogP contribution in [0.1, 0.15) is 25.8 Å². The summed E-state index contributed by atoms with van der Waals surface area (Å²) in [6.07, 6.45) is 5.34. The molecule has 1 aliphatic rings. The number of non-ortho nitro benzene ring substituents is 1. The van der Waals surface area contributed by atoms with Gasteiger partial charge in [-0.3, -0.25) is 15.0 Å². The lowest BCUT2D eigenvalue weighted by Crippen LogP contribution is -2.34. The second-order valence-corrected chi connectivity index (χ2v) is 6.18. The van der Waals surface area contributed by atoms with Gasteiger partial charge in [0.25, 0.3) is 5.69 Å². The molecule has 1 aromatic carbocycles. The molecule has 5 nitrogen and oxygen atoms in total. The Hall–Kier alpha value is -2.14. The molecule has 5 heteroatoms. The minimum absolute atomic E-state index is 0.153. The van der Waals surface area contributed by atoms with Crippen molar-refractivity contribution in [3.05, 3.63) is 46.1 Å². The van der Waals surface area contributed by atoms with E-state index in [4.69, 9.17) is 0 Å². The Labute approximate surface area is 130 Å². The van der Waals surface area contributed by atoms with Gasteiger partial charge in [0.1, 0.15) is 0 Å². The third-order valence-corrected chi connectivity index (χ3v) is 4.50. The predicted octanol–water partition coefficient (Wildman–Crippen LogP) is 3.58. The summed E-state index contributed by atoms with van der Waals surface area (Å²) in [7, 11) is 1.99. The topological polar surface area (TPSA) is 51.3 Å². The molecule has 0 saturated heterocycles. The summed E-state index contributed by atoms with van der Waals surface area (Å²) in [4.78, 5) is 13.1. The lowest BCUT2D eigenvalue weighted by Gasteiger charge is -2.29. The molecule has 2 heterocycles.